The fourth-order valence-corrected chi connectivity index (χ4v) is 4.85. The number of amides is 3. The molecule has 1 saturated heterocycles. The lowest BCUT2D eigenvalue weighted by molar-refractivity contribution is -0.137. The van der Waals surface area contributed by atoms with Gasteiger partial charge in [0.2, 0.25) is 0 Å². The second kappa shape index (κ2) is 5.98. The number of hydrogen-bond acceptors (Lipinski definition) is 5. The van der Waals surface area contributed by atoms with Crippen LogP contribution in [0.5, 0.6) is 0 Å². The molecule has 2 atom stereocenters. The monoisotopic (exact) mass is 359 g/mol. The van der Waals surface area contributed by atoms with Crippen LogP contribution in [0.15, 0.2) is 28.1 Å². The van der Waals surface area contributed by atoms with E-state index in [1.54, 1.807) is 17.4 Å². The largest absolute Gasteiger partial charge is 0.355 e. The number of nitrogens with zero attached hydrogens (tertiary/aromatic N) is 2. The predicted molar refractivity (Wildman–Crippen MR) is 93.8 cm³/mol. The van der Waals surface area contributed by atoms with E-state index in [9.17, 15) is 9.59 Å². The SMILES string of the molecule is CC1CCCC(C)C12NC(=O)N(Cc1cc(-c3cccs3)on1)C2=O. The maximum absolute atomic E-state index is 13.1. The Kier molecular flexibility index (Phi) is 3.91. The lowest BCUT2D eigenvalue weighted by Crippen LogP contribution is -2.58. The standard InChI is InChI=1S/C18H21N3O3S/c1-11-5-3-6-12(2)18(11)16(22)21(17(23)19-18)10-13-9-14(24-20-13)15-7-4-8-25-15/h4,7-9,11-12H,3,5-6,10H2,1-2H3,(H,19,23). The minimum atomic E-state index is -0.768. The van der Waals surface area contributed by atoms with E-state index in [0.717, 1.165) is 24.1 Å². The quantitative estimate of drug-likeness (QED) is 0.849. The van der Waals surface area contributed by atoms with Gasteiger partial charge >= 0.3 is 6.03 Å². The number of imide groups is 1. The van der Waals surface area contributed by atoms with Gasteiger partial charge in [0, 0.05) is 6.07 Å². The summed E-state index contributed by atoms with van der Waals surface area (Å²) in [6.45, 7) is 4.26. The van der Waals surface area contributed by atoms with Crippen molar-refractivity contribution in [2.45, 2.75) is 45.2 Å². The van der Waals surface area contributed by atoms with E-state index in [2.05, 4.69) is 24.3 Å². The van der Waals surface area contributed by atoms with E-state index in [-0.39, 0.29) is 30.3 Å². The topological polar surface area (TPSA) is 75.4 Å². The summed E-state index contributed by atoms with van der Waals surface area (Å²) < 4.78 is 5.36. The number of rotatable bonds is 3. The molecular weight excluding hydrogens is 338 g/mol. The van der Waals surface area contributed by atoms with Gasteiger partial charge in [0.1, 0.15) is 11.2 Å². The van der Waals surface area contributed by atoms with Crippen molar-refractivity contribution >= 4 is 23.3 Å². The molecule has 1 aliphatic heterocycles. The summed E-state index contributed by atoms with van der Waals surface area (Å²) in [6.07, 6.45) is 3.01. The van der Waals surface area contributed by atoms with Crippen LogP contribution in [0.4, 0.5) is 4.79 Å². The van der Waals surface area contributed by atoms with Gasteiger partial charge in [-0.3, -0.25) is 9.69 Å². The van der Waals surface area contributed by atoms with Crippen molar-refractivity contribution in [1.82, 2.24) is 15.4 Å². The highest BCUT2D eigenvalue weighted by molar-refractivity contribution is 7.13. The average molecular weight is 359 g/mol. The molecule has 0 radical (unpaired) electrons. The third kappa shape index (κ3) is 2.49. The molecule has 7 heteroatoms. The fraction of sp³-hybridized carbons (Fsp3) is 0.500. The van der Waals surface area contributed by atoms with E-state index in [4.69, 9.17) is 4.52 Å². The van der Waals surface area contributed by atoms with Gasteiger partial charge in [-0.05, 0) is 36.1 Å². The van der Waals surface area contributed by atoms with Gasteiger partial charge in [0.25, 0.3) is 5.91 Å². The van der Waals surface area contributed by atoms with Crippen LogP contribution in [0.25, 0.3) is 10.6 Å². The summed E-state index contributed by atoms with van der Waals surface area (Å²) in [5.41, 5.74) is -0.185. The van der Waals surface area contributed by atoms with Crippen LogP contribution in [0.2, 0.25) is 0 Å². The van der Waals surface area contributed by atoms with Gasteiger partial charge in [0.15, 0.2) is 5.76 Å². The lowest BCUT2D eigenvalue weighted by atomic mass is 9.67. The summed E-state index contributed by atoms with van der Waals surface area (Å²) in [5.74, 6) is 0.803. The minimum absolute atomic E-state index is 0.127. The van der Waals surface area contributed by atoms with Crippen molar-refractivity contribution in [3.8, 4) is 10.6 Å². The van der Waals surface area contributed by atoms with Crippen LogP contribution in [-0.2, 0) is 11.3 Å². The first-order valence-electron chi connectivity index (χ1n) is 8.66. The van der Waals surface area contributed by atoms with Gasteiger partial charge in [-0.15, -0.1) is 11.3 Å². The van der Waals surface area contributed by atoms with Crippen LogP contribution >= 0.6 is 11.3 Å². The molecule has 0 bridgehead atoms. The molecule has 1 aliphatic carbocycles. The minimum Gasteiger partial charge on any atom is -0.355 e. The molecule has 2 aromatic rings. The molecule has 2 aliphatic rings. The first kappa shape index (κ1) is 16.3. The summed E-state index contributed by atoms with van der Waals surface area (Å²) in [6, 6.07) is 5.36. The number of carbonyl (C=O) groups is 2. The average Bonchev–Trinajstić information content (AvgIpc) is 3.29. The Morgan fingerprint density at radius 3 is 2.80 bits per heavy atom. The molecular formula is C18H21N3O3S. The van der Waals surface area contributed by atoms with Gasteiger partial charge in [-0.1, -0.05) is 31.5 Å². The van der Waals surface area contributed by atoms with E-state index in [0.29, 0.717) is 11.5 Å². The first-order chi connectivity index (χ1) is 12.0. The van der Waals surface area contributed by atoms with Crippen LogP contribution in [-0.4, -0.2) is 27.5 Å². The Morgan fingerprint density at radius 2 is 2.12 bits per heavy atom. The Morgan fingerprint density at radius 1 is 1.36 bits per heavy atom. The molecule has 2 fully saturated rings. The molecule has 3 amide bonds. The molecule has 1 N–H and O–H groups in total. The zero-order valence-electron chi connectivity index (χ0n) is 14.3. The van der Waals surface area contributed by atoms with Crippen LogP contribution in [0, 0.1) is 11.8 Å². The van der Waals surface area contributed by atoms with Crippen molar-refractivity contribution in [3.05, 3.63) is 29.3 Å². The fourth-order valence-electron chi connectivity index (χ4n) is 4.18. The highest BCUT2D eigenvalue weighted by Gasteiger charge is 2.58. The van der Waals surface area contributed by atoms with Crippen molar-refractivity contribution < 1.29 is 14.1 Å². The Balaban J connectivity index is 1.57. The molecule has 132 valence electrons. The normalized spacial score (nSPS) is 29.4. The van der Waals surface area contributed by atoms with Gasteiger partial charge < -0.3 is 9.84 Å². The summed E-state index contributed by atoms with van der Waals surface area (Å²) in [4.78, 5) is 27.9. The summed E-state index contributed by atoms with van der Waals surface area (Å²) >= 11 is 1.56. The molecule has 3 heterocycles. The van der Waals surface area contributed by atoms with Crippen molar-refractivity contribution in [3.63, 3.8) is 0 Å². The summed E-state index contributed by atoms with van der Waals surface area (Å²) in [7, 11) is 0. The third-order valence-corrected chi connectivity index (χ3v) is 6.51. The number of hydrogen-bond donors (Lipinski definition) is 1. The van der Waals surface area contributed by atoms with Crippen LogP contribution in [0.3, 0.4) is 0 Å². The Hall–Kier alpha value is -2.15. The maximum atomic E-state index is 13.1. The van der Waals surface area contributed by atoms with Gasteiger partial charge in [-0.2, -0.15) is 0 Å². The molecule has 25 heavy (non-hydrogen) atoms. The number of aromatic nitrogens is 1. The zero-order valence-corrected chi connectivity index (χ0v) is 15.1. The highest BCUT2D eigenvalue weighted by atomic mass is 32.1. The predicted octanol–water partition coefficient (Wildman–Crippen LogP) is 3.65. The third-order valence-electron chi connectivity index (χ3n) is 5.63. The molecule has 0 aromatic carbocycles. The molecule has 6 nitrogen and oxygen atoms in total. The number of thiophene rings is 1. The number of nitrogens with one attached hydrogen (secondary N) is 1. The van der Waals surface area contributed by atoms with Gasteiger partial charge in [0.05, 0.1) is 11.4 Å². The second-order valence-electron chi connectivity index (χ2n) is 7.08. The van der Waals surface area contributed by atoms with Gasteiger partial charge in [-0.25, -0.2) is 4.79 Å². The summed E-state index contributed by atoms with van der Waals surface area (Å²) in [5, 5.41) is 9.00. The van der Waals surface area contributed by atoms with E-state index in [1.165, 1.54) is 4.90 Å². The van der Waals surface area contributed by atoms with E-state index in [1.807, 2.05) is 17.5 Å². The van der Waals surface area contributed by atoms with Crippen molar-refractivity contribution in [1.29, 1.82) is 0 Å². The van der Waals surface area contributed by atoms with Crippen molar-refractivity contribution in [2.75, 3.05) is 0 Å². The van der Waals surface area contributed by atoms with Crippen LogP contribution in [0.1, 0.15) is 38.8 Å². The lowest BCUT2D eigenvalue weighted by Gasteiger charge is -2.42. The maximum Gasteiger partial charge on any atom is 0.325 e. The molecule has 1 saturated carbocycles. The van der Waals surface area contributed by atoms with Crippen LogP contribution < -0.4 is 5.32 Å². The number of urea groups is 1. The Labute approximate surface area is 150 Å². The van der Waals surface area contributed by atoms with E-state index < -0.39 is 5.54 Å². The van der Waals surface area contributed by atoms with Crippen molar-refractivity contribution in [2.24, 2.45) is 11.8 Å². The molecule has 4 rings (SSSR count). The second-order valence-corrected chi connectivity index (χ2v) is 8.03. The number of carbonyl (C=O) groups excluding carboxylic acids is 2. The smallest absolute Gasteiger partial charge is 0.325 e. The van der Waals surface area contributed by atoms with E-state index >= 15 is 0 Å². The zero-order chi connectivity index (χ0) is 17.6. The first-order valence-corrected chi connectivity index (χ1v) is 9.54. The molecule has 2 unspecified atom stereocenters. The molecule has 1 spiro atoms. The molecule has 2 aromatic heterocycles. The highest BCUT2D eigenvalue weighted by Crippen LogP contribution is 2.42. The Bertz CT molecular complexity index is 788.